The zero-order valence-corrected chi connectivity index (χ0v) is 17.2. The number of anilines is 2. The lowest BCUT2D eigenvalue weighted by Gasteiger charge is -2.32. The normalized spacial score (nSPS) is 16.7. The monoisotopic (exact) mass is 403 g/mol. The molecule has 1 N–H and O–H groups in total. The number of esters is 1. The molecule has 3 rings (SSSR count). The molecule has 1 aliphatic rings. The smallest absolute Gasteiger partial charge is 0.311 e. The molecule has 3 heterocycles. The second-order valence-corrected chi connectivity index (χ2v) is 7.71. The van der Waals surface area contributed by atoms with E-state index in [2.05, 4.69) is 25.2 Å². The maximum absolute atomic E-state index is 12.7. The van der Waals surface area contributed by atoms with E-state index in [0.29, 0.717) is 29.9 Å². The third-order valence-electron chi connectivity index (χ3n) is 4.46. The lowest BCUT2D eigenvalue weighted by molar-refractivity contribution is -0.142. The molecule has 2 aromatic rings. The van der Waals surface area contributed by atoms with Crippen molar-refractivity contribution in [2.45, 2.75) is 40.0 Å². The molecule has 150 valence electrons. The molecule has 0 spiro atoms. The minimum Gasteiger partial charge on any atom is -0.466 e. The molecular formula is C19H25N5O3S. The highest BCUT2D eigenvalue weighted by Crippen LogP contribution is 2.23. The van der Waals surface area contributed by atoms with Gasteiger partial charge in [0, 0.05) is 29.9 Å². The summed E-state index contributed by atoms with van der Waals surface area (Å²) < 4.78 is 4.92. The first-order chi connectivity index (χ1) is 13.4. The van der Waals surface area contributed by atoms with Crippen molar-refractivity contribution in [2.75, 3.05) is 29.9 Å². The molecule has 0 aromatic carbocycles. The summed E-state index contributed by atoms with van der Waals surface area (Å²) in [6.45, 7) is 7.42. The molecular weight excluding hydrogens is 378 g/mol. The molecule has 1 atom stereocenters. The Bertz CT molecular complexity index is 834. The summed E-state index contributed by atoms with van der Waals surface area (Å²) in [6, 6.07) is 1.94. The number of carbonyl (C=O) groups is 2. The molecule has 1 unspecified atom stereocenters. The number of rotatable bonds is 6. The first kappa shape index (κ1) is 20.2. The van der Waals surface area contributed by atoms with E-state index in [1.807, 2.05) is 19.9 Å². The van der Waals surface area contributed by atoms with E-state index in [9.17, 15) is 9.59 Å². The molecule has 0 aliphatic carbocycles. The fourth-order valence-electron chi connectivity index (χ4n) is 3.23. The first-order valence-corrected chi connectivity index (χ1v) is 10.3. The number of hydrogen-bond acceptors (Lipinski definition) is 8. The molecule has 9 heteroatoms. The summed E-state index contributed by atoms with van der Waals surface area (Å²) in [6.07, 6.45) is 1.83. The van der Waals surface area contributed by atoms with Crippen molar-refractivity contribution in [1.82, 2.24) is 15.0 Å². The number of nitrogens with zero attached hydrogens (tertiary/aromatic N) is 4. The maximum atomic E-state index is 12.7. The Hall–Kier alpha value is -2.55. The van der Waals surface area contributed by atoms with E-state index < -0.39 is 0 Å². The molecule has 0 bridgehead atoms. The average molecular weight is 404 g/mol. The van der Waals surface area contributed by atoms with Crippen LogP contribution in [0.25, 0.3) is 0 Å². The van der Waals surface area contributed by atoms with Crippen molar-refractivity contribution in [1.29, 1.82) is 0 Å². The second kappa shape index (κ2) is 9.09. The largest absolute Gasteiger partial charge is 0.466 e. The quantitative estimate of drug-likeness (QED) is 0.740. The average Bonchev–Trinajstić information content (AvgIpc) is 3.08. The Labute approximate surface area is 168 Å². The number of hydrogen-bond donors (Lipinski definition) is 1. The van der Waals surface area contributed by atoms with Crippen molar-refractivity contribution in [3.8, 4) is 0 Å². The number of ether oxygens (including phenoxy) is 1. The molecule has 1 aliphatic heterocycles. The minimum atomic E-state index is -0.318. The number of nitrogens with one attached hydrogen (secondary N) is 1. The highest BCUT2D eigenvalue weighted by atomic mass is 32.1. The highest BCUT2D eigenvalue weighted by Gasteiger charge is 2.28. The number of aryl methyl sites for hydroxylation is 2. The standard InChI is InChI=1S/C19H25N5O3S/c1-4-27-16(25)9-15-11-28-19(22-15)23-17(26)14-6-5-7-24(10-14)18-20-12(2)8-13(3)21-18/h8,11,14H,4-7,9-10H2,1-3H3,(H,22,23,26). The highest BCUT2D eigenvalue weighted by molar-refractivity contribution is 7.13. The summed E-state index contributed by atoms with van der Waals surface area (Å²) in [5.41, 5.74) is 2.45. The molecule has 1 amide bonds. The lowest BCUT2D eigenvalue weighted by Crippen LogP contribution is -2.41. The fourth-order valence-corrected chi connectivity index (χ4v) is 3.95. The molecule has 0 radical (unpaired) electrons. The van der Waals surface area contributed by atoms with Crippen molar-refractivity contribution in [2.24, 2.45) is 5.92 Å². The van der Waals surface area contributed by atoms with E-state index in [-0.39, 0.29) is 24.2 Å². The minimum absolute atomic E-state index is 0.0638. The predicted octanol–water partition coefficient (Wildman–Crippen LogP) is 2.51. The van der Waals surface area contributed by atoms with E-state index in [1.54, 1.807) is 12.3 Å². The van der Waals surface area contributed by atoms with Gasteiger partial charge >= 0.3 is 5.97 Å². The Kier molecular flexibility index (Phi) is 6.56. The van der Waals surface area contributed by atoms with E-state index in [1.165, 1.54) is 11.3 Å². The van der Waals surface area contributed by atoms with Gasteiger partial charge in [0.15, 0.2) is 5.13 Å². The molecule has 1 fully saturated rings. The Morgan fingerprint density at radius 1 is 1.29 bits per heavy atom. The van der Waals surface area contributed by atoms with Gasteiger partial charge in [-0.2, -0.15) is 0 Å². The van der Waals surface area contributed by atoms with Gasteiger partial charge in [-0.05, 0) is 39.7 Å². The molecule has 2 aromatic heterocycles. The van der Waals surface area contributed by atoms with E-state index in [4.69, 9.17) is 4.74 Å². The van der Waals surface area contributed by atoms with Crippen LogP contribution in [0.5, 0.6) is 0 Å². The second-order valence-electron chi connectivity index (χ2n) is 6.85. The summed E-state index contributed by atoms with van der Waals surface area (Å²) in [5.74, 6) is 0.143. The van der Waals surface area contributed by atoms with Gasteiger partial charge in [0.2, 0.25) is 11.9 Å². The maximum Gasteiger partial charge on any atom is 0.311 e. The molecule has 1 saturated heterocycles. The predicted molar refractivity (Wildman–Crippen MR) is 108 cm³/mol. The SMILES string of the molecule is CCOC(=O)Cc1csc(NC(=O)C2CCCN(c3nc(C)cc(C)n3)C2)n1. The summed E-state index contributed by atoms with van der Waals surface area (Å²) >= 11 is 1.31. The zero-order valence-electron chi connectivity index (χ0n) is 16.4. The number of piperidine rings is 1. The van der Waals surface area contributed by atoms with Crippen molar-refractivity contribution >= 4 is 34.3 Å². The first-order valence-electron chi connectivity index (χ1n) is 9.42. The van der Waals surface area contributed by atoms with Crippen LogP contribution in [0.3, 0.4) is 0 Å². The lowest BCUT2D eigenvalue weighted by atomic mass is 9.97. The summed E-state index contributed by atoms with van der Waals surface area (Å²) in [7, 11) is 0. The van der Waals surface area contributed by atoms with Gasteiger partial charge in [-0.25, -0.2) is 15.0 Å². The van der Waals surface area contributed by atoms with Crippen LogP contribution in [-0.4, -0.2) is 46.5 Å². The zero-order chi connectivity index (χ0) is 20.1. The van der Waals surface area contributed by atoms with Gasteiger partial charge in [-0.15, -0.1) is 11.3 Å². The van der Waals surface area contributed by atoms with Crippen molar-refractivity contribution in [3.05, 3.63) is 28.5 Å². The van der Waals surface area contributed by atoms with Gasteiger partial charge in [0.1, 0.15) is 0 Å². The van der Waals surface area contributed by atoms with Gasteiger partial charge in [0.05, 0.1) is 24.6 Å². The van der Waals surface area contributed by atoms with Gasteiger partial charge in [-0.3, -0.25) is 9.59 Å². The van der Waals surface area contributed by atoms with Crippen molar-refractivity contribution < 1.29 is 14.3 Å². The summed E-state index contributed by atoms with van der Waals surface area (Å²) in [5, 5.41) is 5.15. The number of aromatic nitrogens is 3. The number of amides is 1. The topological polar surface area (TPSA) is 97.3 Å². The van der Waals surface area contributed by atoms with Crippen LogP contribution in [0, 0.1) is 19.8 Å². The van der Waals surface area contributed by atoms with Crippen LogP contribution in [0.4, 0.5) is 11.1 Å². The van der Waals surface area contributed by atoms with E-state index in [0.717, 1.165) is 30.8 Å². The van der Waals surface area contributed by atoms with Crippen LogP contribution in [0.2, 0.25) is 0 Å². The van der Waals surface area contributed by atoms with Crippen LogP contribution < -0.4 is 10.2 Å². The Morgan fingerprint density at radius 2 is 2.04 bits per heavy atom. The number of thiazole rings is 1. The van der Waals surface area contributed by atoms with Crippen LogP contribution >= 0.6 is 11.3 Å². The third-order valence-corrected chi connectivity index (χ3v) is 5.26. The Balaban J connectivity index is 1.60. The van der Waals surface area contributed by atoms with Gasteiger partial charge in [0.25, 0.3) is 0 Å². The van der Waals surface area contributed by atoms with Crippen LogP contribution in [0.15, 0.2) is 11.4 Å². The summed E-state index contributed by atoms with van der Waals surface area (Å²) in [4.78, 5) is 39.7. The third kappa shape index (κ3) is 5.25. The van der Waals surface area contributed by atoms with Gasteiger partial charge in [-0.1, -0.05) is 0 Å². The molecule has 0 saturated carbocycles. The molecule has 28 heavy (non-hydrogen) atoms. The van der Waals surface area contributed by atoms with Gasteiger partial charge < -0.3 is 15.0 Å². The fraction of sp³-hybridized carbons (Fsp3) is 0.526. The van der Waals surface area contributed by atoms with Crippen molar-refractivity contribution in [3.63, 3.8) is 0 Å². The van der Waals surface area contributed by atoms with Crippen LogP contribution in [0.1, 0.15) is 36.8 Å². The molecule has 8 nitrogen and oxygen atoms in total. The Morgan fingerprint density at radius 3 is 2.75 bits per heavy atom. The number of carbonyl (C=O) groups excluding carboxylic acids is 2. The van der Waals surface area contributed by atoms with E-state index >= 15 is 0 Å². The van der Waals surface area contributed by atoms with Crippen LogP contribution in [-0.2, 0) is 20.7 Å².